The van der Waals surface area contributed by atoms with E-state index in [1.165, 1.54) is 24.3 Å². The van der Waals surface area contributed by atoms with Crippen LogP contribution in [0.1, 0.15) is 27.6 Å². The molecule has 0 unspecified atom stereocenters. The number of H-pyrrole nitrogens is 2. The number of carbonyl (C=O) groups excluding carboxylic acids is 3. The number of aromatic amines is 2. The number of hydrogen-bond acceptors (Lipinski definition) is 8. The number of hydrazone groups is 1. The molecule has 164 valence electrons. The Bertz CT molecular complexity index is 1340. The van der Waals surface area contributed by atoms with Crippen LogP contribution in [0.4, 0.5) is 11.4 Å². The molecule has 1 aromatic heterocycles. The van der Waals surface area contributed by atoms with Crippen molar-refractivity contribution < 1.29 is 29.0 Å². The summed E-state index contributed by atoms with van der Waals surface area (Å²) in [4.78, 5) is 64.1. The van der Waals surface area contributed by atoms with E-state index in [1.807, 2.05) is 0 Å². The van der Waals surface area contributed by atoms with Gasteiger partial charge in [0.1, 0.15) is 0 Å². The number of Topliss-reactive ketones (excluding diaryl/α,β-unsaturated/α-hetero) is 1. The number of aromatic carboxylic acids is 1. The molecule has 0 spiro atoms. The minimum Gasteiger partial charge on any atom is -0.478 e. The third-order valence-corrected chi connectivity index (χ3v) is 4.22. The fourth-order valence-corrected chi connectivity index (χ4v) is 2.76. The largest absolute Gasteiger partial charge is 0.478 e. The second-order valence-corrected chi connectivity index (χ2v) is 6.52. The molecule has 0 saturated heterocycles. The van der Waals surface area contributed by atoms with Crippen LogP contribution < -0.4 is 16.4 Å². The lowest BCUT2D eigenvalue weighted by molar-refractivity contribution is -0.114. The van der Waals surface area contributed by atoms with Crippen molar-refractivity contribution in [3.05, 3.63) is 58.0 Å². The third kappa shape index (κ3) is 4.87. The van der Waals surface area contributed by atoms with E-state index in [0.29, 0.717) is 16.7 Å². The Labute approximate surface area is 179 Å². The van der Waals surface area contributed by atoms with Crippen LogP contribution in [0.2, 0.25) is 0 Å². The van der Waals surface area contributed by atoms with Gasteiger partial charge in [0.05, 0.1) is 35.0 Å². The van der Waals surface area contributed by atoms with E-state index >= 15 is 0 Å². The molecule has 0 atom stereocenters. The molecule has 2 aromatic carbocycles. The first kappa shape index (κ1) is 22.0. The van der Waals surface area contributed by atoms with Gasteiger partial charge in [0, 0.05) is 12.6 Å². The quantitative estimate of drug-likeness (QED) is 0.158. The highest BCUT2D eigenvalue weighted by Gasteiger charge is 2.18. The average molecular weight is 439 g/mol. The van der Waals surface area contributed by atoms with Gasteiger partial charge >= 0.3 is 17.6 Å². The molecule has 0 radical (unpaired) electrons. The number of methoxy groups -OCH3 is 1. The molecule has 1 amide bonds. The number of anilines is 2. The number of amides is 1. The first-order valence-electron chi connectivity index (χ1n) is 9.02. The van der Waals surface area contributed by atoms with E-state index in [2.05, 4.69) is 30.5 Å². The maximum atomic E-state index is 12.6. The number of esters is 1. The van der Waals surface area contributed by atoms with Gasteiger partial charge in [0.25, 0.3) is 5.91 Å². The van der Waals surface area contributed by atoms with Crippen molar-refractivity contribution in [1.29, 1.82) is 0 Å². The summed E-state index contributed by atoms with van der Waals surface area (Å²) in [5.41, 5.74) is 2.55. The second kappa shape index (κ2) is 8.95. The van der Waals surface area contributed by atoms with Gasteiger partial charge in [-0.05, 0) is 36.4 Å². The van der Waals surface area contributed by atoms with Crippen LogP contribution in [-0.2, 0) is 14.3 Å². The molecule has 5 N–H and O–H groups in total. The van der Waals surface area contributed by atoms with Crippen LogP contribution in [-0.4, -0.2) is 51.5 Å². The molecule has 0 aliphatic rings. The molecule has 1 heterocycles. The van der Waals surface area contributed by atoms with Crippen LogP contribution in [0.25, 0.3) is 11.0 Å². The lowest BCUT2D eigenvalue weighted by Crippen LogP contribution is -2.29. The highest BCUT2D eigenvalue weighted by Crippen LogP contribution is 2.17. The fraction of sp³-hybridized carbons (Fsp3) is 0.100. The van der Waals surface area contributed by atoms with Crippen LogP contribution in [0, 0.1) is 0 Å². The first-order valence-corrected chi connectivity index (χ1v) is 9.02. The topological polar surface area (TPSA) is 183 Å². The minimum absolute atomic E-state index is 0.0446. The van der Waals surface area contributed by atoms with E-state index in [0.717, 1.165) is 20.1 Å². The van der Waals surface area contributed by atoms with Crippen LogP contribution in [0.15, 0.2) is 46.3 Å². The van der Waals surface area contributed by atoms with Crippen molar-refractivity contribution in [3.8, 4) is 0 Å². The number of benzene rings is 2. The second-order valence-electron chi connectivity index (χ2n) is 6.52. The molecule has 12 nitrogen and oxygen atoms in total. The summed E-state index contributed by atoms with van der Waals surface area (Å²) >= 11 is 0. The molecule has 12 heteroatoms. The SMILES string of the molecule is COC(=O)c1cc(N/N=C(/C(C)=O)C(=O)Nc2ccc3[nH]c(=O)[nH]c3c2)cc(C(=O)O)c1. The summed E-state index contributed by atoms with van der Waals surface area (Å²) in [5.74, 6) is -3.59. The number of carbonyl (C=O) groups is 4. The van der Waals surface area contributed by atoms with Gasteiger partial charge in [-0.1, -0.05) is 0 Å². The normalized spacial score (nSPS) is 11.1. The number of nitrogens with zero attached hydrogens (tertiary/aromatic N) is 1. The smallest absolute Gasteiger partial charge is 0.337 e. The number of carboxylic acids is 1. The zero-order valence-electron chi connectivity index (χ0n) is 16.8. The van der Waals surface area contributed by atoms with E-state index in [9.17, 15) is 29.1 Å². The van der Waals surface area contributed by atoms with Gasteiger partial charge in [-0.3, -0.25) is 15.0 Å². The highest BCUT2D eigenvalue weighted by atomic mass is 16.5. The van der Waals surface area contributed by atoms with E-state index < -0.39 is 35.0 Å². The lowest BCUT2D eigenvalue weighted by Gasteiger charge is -2.09. The molecule has 3 rings (SSSR count). The van der Waals surface area contributed by atoms with Gasteiger partial charge < -0.3 is 25.1 Å². The van der Waals surface area contributed by atoms with E-state index in [-0.39, 0.29) is 16.8 Å². The Morgan fingerprint density at radius 2 is 1.66 bits per heavy atom. The van der Waals surface area contributed by atoms with Crippen molar-refractivity contribution >= 4 is 51.7 Å². The monoisotopic (exact) mass is 439 g/mol. The Kier molecular flexibility index (Phi) is 6.14. The number of ketones is 1. The van der Waals surface area contributed by atoms with Crippen molar-refractivity contribution in [3.63, 3.8) is 0 Å². The maximum Gasteiger partial charge on any atom is 0.337 e. The molecule has 0 fully saturated rings. The van der Waals surface area contributed by atoms with Crippen molar-refractivity contribution in [2.24, 2.45) is 5.10 Å². The summed E-state index contributed by atoms with van der Waals surface area (Å²) in [6.07, 6.45) is 0. The first-order chi connectivity index (χ1) is 15.2. The Morgan fingerprint density at radius 3 is 2.31 bits per heavy atom. The van der Waals surface area contributed by atoms with Crippen molar-refractivity contribution in [2.45, 2.75) is 6.92 Å². The number of aromatic nitrogens is 2. The van der Waals surface area contributed by atoms with Gasteiger partial charge in [-0.15, -0.1) is 0 Å². The van der Waals surface area contributed by atoms with E-state index in [1.54, 1.807) is 6.07 Å². The molecular formula is C20H17N5O7. The summed E-state index contributed by atoms with van der Waals surface area (Å²) < 4.78 is 4.59. The predicted octanol–water partition coefficient (Wildman–Crippen LogP) is 1.34. The molecular weight excluding hydrogens is 422 g/mol. The number of fused-ring (bicyclic) bond motifs is 1. The number of hydrogen-bond donors (Lipinski definition) is 5. The van der Waals surface area contributed by atoms with Gasteiger partial charge in [0.15, 0.2) is 11.5 Å². The zero-order valence-corrected chi connectivity index (χ0v) is 16.8. The number of ether oxygens (including phenoxy) is 1. The molecule has 0 aliphatic carbocycles. The van der Waals surface area contributed by atoms with Gasteiger partial charge in [0.2, 0.25) is 0 Å². The minimum atomic E-state index is -1.30. The Balaban J connectivity index is 1.86. The number of nitrogens with one attached hydrogen (secondary N) is 4. The Morgan fingerprint density at radius 1 is 0.969 bits per heavy atom. The molecule has 0 aliphatic heterocycles. The molecule has 0 saturated carbocycles. The number of rotatable bonds is 7. The molecule has 3 aromatic rings. The summed E-state index contributed by atoms with van der Waals surface area (Å²) in [5, 5.41) is 15.5. The third-order valence-electron chi connectivity index (χ3n) is 4.22. The fourth-order valence-electron chi connectivity index (χ4n) is 2.76. The van der Waals surface area contributed by atoms with Crippen LogP contribution >= 0.6 is 0 Å². The van der Waals surface area contributed by atoms with Crippen LogP contribution in [0.3, 0.4) is 0 Å². The standard InChI is InChI=1S/C20H17N5O7/c1-9(26)16(17(27)21-12-3-4-14-15(8-12)23-20(31)22-14)25-24-13-6-10(18(28)29)5-11(7-13)19(30)32-2/h3-8,24H,1-2H3,(H,21,27)(H,28,29)(H2,22,23,31)/b25-16-. The lowest BCUT2D eigenvalue weighted by atomic mass is 10.1. The van der Waals surface area contributed by atoms with Gasteiger partial charge in [-0.2, -0.15) is 5.10 Å². The van der Waals surface area contributed by atoms with Gasteiger partial charge in [-0.25, -0.2) is 14.4 Å². The predicted molar refractivity (Wildman–Crippen MR) is 114 cm³/mol. The van der Waals surface area contributed by atoms with Crippen molar-refractivity contribution in [1.82, 2.24) is 9.97 Å². The summed E-state index contributed by atoms with van der Waals surface area (Å²) in [6, 6.07) is 8.13. The molecule has 32 heavy (non-hydrogen) atoms. The maximum absolute atomic E-state index is 12.6. The number of imidazole rings is 1. The summed E-state index contributed by atoms with van der Waals surface area (Å²) in [7, 11) is 1.14. The molecule has 0 bridgehead atoms. The summed E-state index contributed by atoms with van der Waals surface area (Å²) in [6.45, 7) is 1.13. The van der Waals surface area contributed by atoms with Crippen LogP contribution in [0.5, 0.6) is 0 Å². The highest BCUT2D eigenvalue weighted by molar-refractivity contribution is 6.67. The van der Waals surface area contributed by atoms with Crippen molar-refractivity contribution in [2.75, 3.05) is 17.9 Å². The Hall–Kier alpha value is -4.74. The number of carboxylic acid groups (broad SMARTS) is 1. The van der Waals surface area contributed by atoms with E-state index in [4.69, 9.17) is 0 Å². The average Bonchev–Trinajstić information content (AvgIpc) is 3.12. The zero-order chi connectivity index (χ0) is 23.4.